The molecule has 3 aromatic rings. The Morgan fingerprint density at radius 2 is 1.82 bits per heavy atom. The van der Waals surface area contributed by atoms with Crippen molar-refractivity contribution in [2.24, 2.45) is 12.8 Å². The van der Waals surface area contributed by atoms with Crippen LogP contribution in [0, 0.1) is 0 Å². The van der Waals surface area contributed by atoms with Crippen molar-refractivity contribution in [2.75, 3.05) is 43.4 Å². The van der Waals surface area contributed by atoms with Crippen molar-refractivity contribution in [1.82, 2.24) is 19.4 Å². The van der Waals surface area contributed by atoms with Crippen LogP contribution in [0.1, 0.15) is 5.56 Å². The van der Waals surface area contributed by atoms with Gasteiger partial charge in [0.2, 0.25) is 5.95 Å². The number of hydrogen-bond donors (Lipinski definition) is 2. The normalized spacial score (nSPS) is 15.5. The Hall–Kier alpha value is -2.30. The maximum Gasteiger partial charge on any atom is 0.270 e. The molecule has 0 saturated carbocycles. The van der Waals surface area contributed by atoms with E-state index in [0.717, 1.165) is 39.1 Å². The Labute approximate surface area is 212 Å². The van der Waals surface area contributed by atoms with E-state index in [4.69, 9.17) is 34.7 Å². The number of hydrogen-bond acceptors (Lipinski definition) is 8. The molecule has 0 bridgehead atoms. The summed E-state index contributed by atoms with van der Waals surface area (Å²) < 4.78 is 1.54. The van der Waals surface area contributed by atoms with Gasteiger partial charge < -0.3 is 16.4 Å². The highest BCUT2D eigenvalue weighted by molar-refractivity contribution is 7.99. The van der Waals surface area contributed by atoms with Crippen LogP contribution in [-0.2, 0) is 13.5 Å². The highest BCUT2D eigenvalue weighted by Crippen LogP contribution is 2.37. The van der Waals surface area contributed by atoms with Crippen molar-refractivity contribution in [3.63, 3.8) is 0 Å². The number of nitrogens with two attached hydrogens (primary N) is 2. The standard InChI is InChI=1S/C23H27Cl2N7OS/c1-30-22(33)20(34-18-4-2-3-17(24)19(18)25)21(27)29-23(30)32-11-9-31(10-12-32)14-16(26)13-15-5-7-28-8-6-15/h2-8,16H,9-14,26-27H2,1H3. The largest absolute Gasteiger partial charge is 0.382 e. The molecule has 2 aromatic heterocycles. The summed E-state index contributed by atoms with van der Waals surface area (Å²) in [5.41, 5.74) is 13.6. The van der Waals surface area contributed by atoms with Gasteiger partial charge in [-0.3, -0.25) is 19.2 Å². The number of nitrogens with zero attached hydrogens (tertiary/aromatic N) is 5. The molecule has 11 heteroatoms. The second kappa shape index (κ2) is 11.0. The van der Waals surface area contributed by atoms with E-state index in [1.54, 1.807) is 42.2 Å². The van der Waals surface area contributed by atoms with Crippen LogP contribution in [0.2, 0.25) is 10.0 Å². The van der Waals surface area contributed by atoms with Crippen LogP contribution in [0.25, 0.3) is 0 Å². The van der Waals surface area contributed by atoms with Crippen molar-refractivity contribution in [3.05, 3.63) is 68.7 Å². The first-order chi connectivity index (χ1) is 16.3. The number of anilines is 2. The smallest absolute Gasteiger partial charge is 0.270 e. The Kier molecular flexibility index (Phi) is 8.00. The lowest BCUT2D eigenvalue weighted by Crippen LogP contribution is -2.51. The van der Waals surface area contributed by atoms with Crippen LogP contribution in [0.15, 0.2) is 57.3 Å². The van der Waals surface area contributed by atoms with Gasteiger partial charge in [-0.2, -0.15) is 4.98 Å². The average molecular weight is 520 g/mol. The van der Waals surface area contributed by atoms with E-state index >= 15 is 0 Å². The molecule has 0 aliphatic carbocycles. The molecule has 1 aliphatic heterocycles. The minimum absolute atomic E-state index is 0.0432. The predicted molar refractivity (Wildman–Crippen MR) is 139 cm³/mol. The number of pyridine rings is 1. The molecule has 4 N–H and O–H groups in total. The summed E-state index contributed by atoms with van der Waals surface area (Å²) in [6, 6.07) is 9.31. The minimum Gasteiger partial charge on any atom is -0.382 e. The quantitative estimate of drug-likeness (QED) is 0.490. The van der Waals surface area contributed by atoms with Crippen molar-refractivity contribution in [2.45, 2.75) is 22.3 Å². The van der Waals surface area contributed by atoms with Crippen molar-refractivity contribution in [3.8, 4) is 0 Å². The highest BCUT2D eigenvalue weighted by Gasteiger charge is 2.24. The van der Waals surface area contributed by atoms with Gasteiger partial charge in [-0.15, -0.1) is 0 Å². The lowest BCUT2D eigenvalue weighted by atomic mass is 10.1. The fraction of sp³-hybridized carbons (Fsp3) is 0.348. The third kappa shape index (κ3) is 5.67. The molecule has 1 fully saturated rings. The molecule has 0 spiro atoms. The predicted octanol–water partition coefficient (Wildman–Crippen LogP) is 2.91. The number of halogens is 2. The third-order valence-electron chi connectivity index (χ3n) is 5.78. The molecular formula is C23H27Cl2N7OS. The Morgan fingerprint density at radius 3 is 2.53 bits per heavy atom. The van der Waals surface area contributed by atoms with E-state index in [-0.39, 0.29) is 17.4 Å². The molecule has 0 radical (unpaired) electrons. The summed E-state index contributed by atoms with van der Waals surface area (Å²) in [6.45, 7) is 3.92. The number of benzene rings is 1. The van der Waals surface area contributed by atoms with Crippen molar-refractivity contribution < 1.29 is 0 Å². The van der Waals surface area contributed by atoms with Gasteiger partial charge in [0.05, 0.1) is 10.0 Å². The molecular weight excluding hydrogens is 493 g/mol. The van der Waals surface area contributed by atoms with E-state index < -0.39 is 0 Å². The molecule has 1 saturated heterocycles. The number of nitrogen functional groups attached to an aromatic ring is 1. The second-order valence-electron chi connectivity index (χ2n) is 8.25. The lowest BCUT2D eigenvalue weighted by molar-refractivity contribution is 0.240. The van der Waals surface area contributed by atoms with E-state index in [1.807, 2.05) is 12.1 Å². The number of piperazine rings is 1. The lowest BCUT2D eigenvalue weighted by Gasteiger charge is -2.37. The molecule has 1 aromatic carbocycles. The maximum atomic E-state index is 13.1. The number of rotatable bonds is 7. The molecule has 1 aliphatic rings. The van der Waals surface area contributed by atoms with Crippen LogP contribution in [0.3, 0.4) is 0 Å². The van der Waals surface area contributed by atoms with Crippen LogP contribution in [0.4, 0.5) is 11.8 Å². The van der Waals surface area contributed by atoms with Gasteiger partial charge in [-0.1, -0.05) is 41.0 Å². The topological polar surface area (TPSA) is 106 Å². The molecule has 1 atom stereocenters. The Morgan fingerprint density at radius 1 is 1.12 bits per heavy atom. The van der Waals surface area contributed by atoms with Gasteiger partial charge in [0.25, 0.3) is 5.56 Å². The summed E-state index contributed by atoms with van der Waals surface area (Å²) in [5, 5.41) is 0.808. The summed E-state index contributed by atoms with van der Waals surface area (Å²) >= 11 is 13.6. The third-order valence-corrected chi connectivity index (χ3v) is 7.85. The summed E-state index contributed by atoms with van der Waals surface area (Å²) in [4.78, 5) is 27.2. The fourth-order valence-corrected chi connectivity index (χ4v) is 5.40. The first-order valence-corrected chi connectivity index (χ1v) is 12.5. The molecule has 3 heterocycles. The van der Waals surface area contributed by atoms with E-state index in [9.17, 15) is 4.79 Å². The van der Waals surface area contributed by atoms with Crippen LogP contribution < -0.4 is 21.9 Å². The monoisotopic (exact) mass is 519 g/mol. The molecule has 4 rings (SSSR count). The van der Waals surface area contributed by atoms with Gasteiger partial charge in [0, 0.05) is 63.1 Å². The van der Waals surface area contributed by atoms with Gasteiger partial charge >= 0.3 is 0 Å². The Balaban J connectivity index is 1.41. The Bertz CT molecular complexity index is 1200. The molecule has 1 unspecified atom stereocenters. The minimum atomic E-state index is -0.217. The van der Waals surface area contributed by atoms with Crippen LogP contribution in [0.5, 0.6) is 0 Å². The summed E-state index contributed by atoms with van der Waals surface area (Å²) in [7, 11) is 1.71. The SMILES string of the molecule is Cn1c(N2CCN(CC(N)Cc3ccncc3)CC2)nc(N)c(Sc2cccc(Cl)c2Cl)c1=O. The zero-order chi connectivity index (χ0) is 24.2. The molecule has 8 nitrogen and oxygen atoms in total. The maximum absolute atomic E-state index is 13.1. The van der Waals surface area contributed by atoms with E-state index in [1.165, 1.54) is 17.3 Å². The van der Waals surface area contributed by atoms with Crippen LogP contribution in [-0.4, -0.2) is 58.2 Å². The van der Waals surface area contributed by atoms with E-state index in [2.05, 4.69) is 19.8 Å². The van der Waals surface area contributed by atoms with Gasteiger partial charge in [-0.05, 0) is 36.2 Å². The highest BCUT2D eigenvalue weighted by atomic mass is 35.5. The zero-order valence-corrected chi connectivity index (χ0v) is 21.2. The van der Waals surface area contributed by atoms with Crippen molar-refractivity contribution in [1.29, 1.82) is 0 Å². The van der Waals surface area contributed by atoms with Gasteiger partial charge in [0.1, 0.15) is 10.7 Å². The van der Waals surface area contributed by atoms with Crippen molar-refractivity contribution >= 4 is 46.7 Å². The second-order valence-corrected chi connectivity index (χ2v) is 10.1. The number of aromatic nitrogens is 3. The zero-order valence-electron chi connectivity index (χ0n) is 18.8. The first-order valence-electron chi connectivity index (χ1n) is 10.9. The van der Waals surface area contributed by atoms with Gasteiger partial charge in [-0.25, -0.2) is 0 Å². The average Bonchev–Trinajstić information content (AvgIpc) is 2.83. The van der Waals surface area contributed by atoms with Gasteiger partial charge in [0.15, 0.2) is 0 Å². The van der Waals surface area contributed by atoms with Crippen LogP contribution >= 0.6 is 35.0 Å². The molecule has 34 heavy (non-hydrogen) atoms. The first kappa shape index (κ1) is 24.8. The molecule has 0 amide bonds. The van der Waals surface area contributed by atoms with E-state index in [0.29, 0.717) is 25.8 Å². The fourth-order valence-electron chi connectivity index (χ4n) is 3.99. The summed E-state index contributed by atoms with van der Waals surface area (Å²) in [5.74, 6) is 0.741. The molecule has 180 valence electrons. The summed E-state index contributed by atoms with van der Waals surface area (Å²) in [6.07, 6.45) is 4.39.